The van der Waals surface area contributed by atoms with E-state index in [1.54, 1.807) is 22.8 Å². The van der Waals surface area contributed by atoms with Crippen LogP contribution in [0.2, 0.25) is 0 Å². The summed E-state index contributed by atoms with van der Waals surface area (Å²) in [5, 5.41) is 1.39. The number of rotatable bonds is 6. The van der Waals surface area contributed by atoms with Crippen LogP contribution in [0.1, 0.15) is 36.6 Å². The Labute approximate surface area is 225 Å². The van der Waals surface area contributed by atoms with E-state index in [2.05, 4.69) is 4.98 Å². The van der Waals surface area contributed by atoms with Gasteiger partial charge in [-0.2, -0.15) is 13.2 Å². The van der Waals surface area contributed by atoms with Crippen molar-refractivity contribution >= 4 is 27.0 Å². The monoisotopic (exact) mass is 557 g/mol. The van der Waals surface area contributed by atoms with Gasteiger partial charge in [-0.05, 0) is 59.4 Å². The molecular formula is C28H26F3N3O2S2. The van der Waals surface area contributed by atoms with E-state index in [0.29, 0.717) is 11.5 Å². The molecule has 0 aliphatic rings. The van der Waals surface area contributed by atoms with Gasteiger partial charge < -0.3 is 0 Å². The second-order valence-corrected chi connectivity index (χ2v) is 11.7. The Balaban J connectivity index is 1.86. The minimum Gasteiger partial charge on any atom is -0.299 e. The summed E-state index contributed by atoms with van der Waals surface area (Å²) in [5.41, 5.74) is 4.82. The van der Waals surface area contributed by atoms with Crippen LogP contribution in [0.25, 0.3) is 28.2 Å². The third kappa shape index (κ3) is 5.97. The number of aryl methyl sites for hydroxylation is 1. The molecule has 1 aromatic heterocycles. The number of benzene rings is 3. The van der Waals surface area contributed by atoms with E-state index in [4.69, 9.17) is 12.2 Å². The molecule has 198 valence electrons. The van der Waals surface area contributed by atoms with Crippen molar-refractivity contribution in [2.75, 3.05) is 6.26 Å². The third-order valence-corrected chi connectivity index (χ3v) is 7.49. The first-order chi connectivity index (χ1) is 17.7. The number of alkyl halides is 3. The maximum absolute atomic E-state index is 13.0. The quantitative estimate of drug-likeness (QED) is 0.208. The van der Waals surface area contributed by atoms with Gasteiger partial charge in [-0.3, -0.25) is 9.88 Å². The molecule has 4 rings (SSSR count). The molecule has 1 N–H and O–H groups in total. The second-order valence-electron chi connectivity index (χ2n) is 9.31. The minimum atomic E-state index is -4.69. The average Bonchev–Trinajstić information content (AvgIpc) is 3.28. The first-order valence-corrected chi connectivity index (χ1v) is 14.0. The summed E-state index contributed by atoms with van der Waals surface area (Å²) >= 11 is 5.03. The van der Waals surface area contributed by atoms with Crippen molar-refractivity contribution < 1.29 is 21.6 Å². The fourth-order valence-electron chi connectivity index (χ4n) is 4.27. The number of hydrogen-bond donors (Lipinski definition) is 1. The average molecular weight is 558 g/mol. The summed E-state index contributed by atoms with van der Waals surface area (Å²) in [6.07, 6.45) is -2.03. The summed E-state index contributed by atoms with van der Waals surface area (Å²) in [5.74, 6) is 0.608. The molecule has 0 saturated carbocycles. The van der Waals surface area contributed by atoms with E-state index in [9.17, 15) is 21.6 Å². The highest BCUT2D eigenvalue weighted by Gasteiger charge is 2.30. The maximum atomic E-state index is 13.0. The van der Waals surface area contributed by atoms with E-state index in [-0.39, 0.29) is 16.5 Å². The zero-order chi connectivity index (χ0) is 27.8. The van der Waals surface area contributed by atoms with Crippen LogP contribution < -0.4 is 5.32 Å². The summed E-state index contributed by atoms with van der Waals surface area (Å²) in [7, 11) is -3.37. The highest BCUT2D eigenvalue weighted by molar-refractivity contribution is 7.90. The molecule has 0 unspecified atom stereocenters. The summed E-state index contributed by atoms with van der Waals surface area (Å²) in [6, 6.07) is 19.9. The van der Waals surface area contributed by atoms with Crippen LogP contribution in [-0.2, 0) is 9.84 Å². The molecular weight excluding hydrogens is 531 g/mol. The van der Waals surface area contributed by atoms with E-state index in [0.717, 1.165) is 34.1 Å². The predicted octanol–water partition coefficient (Wildman–Crippen LogP) is 6.83. The molecule has 3 aromatic carbocycles. The number of imidazole rings is 1. The number of nitrogens with one attached hydrogen (secondary N) is 1. The summed E-state index contributed by atoms with van der Waals surface area (Å²) in [6.45, 7) is 5.95. The maximum Gasteiger partial charge on any atom is 0.483 e. The zero-order valence-corrected chi connectivity index (χ0v) is 22.8. The van der Waals surface area contributed by atoms with Gasteiger partial charge in [0.2, 0.25) is 0 Å². The van der Waals surface area contributed by atoms with E-state index >= 15 is 0 Å². The number of aromatic nitrogens is 2. The molecule has 0 bridgehead atoms. The largest absolute Gasteiger partial charge is 0.483 e. The smallest absolute Gasteiger partial charge is 0.299 e. The lowest BCUT2D eigenvalue weighted by Crippen LogP contribution is -2.36. The minimum absolute atomic E-state index is 0.00443. The highest BCUT2D eigenvalue weighted by atomic mass is 32.2. The van der Waals surface area contributed by atoms with Gasteiger partial charge in [-0.25, -0.2) is 13.4 Å². The molecule has 4 aromatic rings. The Morgan fingerprint density at radius 2 is 1.68 bits per heavy atom. The number of halogens is 3. The fraction of sp³-hybridized carbons (Fsp3) is 0.214. The number of sulfone groups is 1. The van der Waals surface area contributed by atoms with Crippen LogP contribution in [0.15, 0.2) is 77.8 Å². The molecule has 0 radical (unpaired) electrons. The Morgan fingerprint density at radius 1 is 1.00 bits per heavy atom. The number of hydrogen-bond acceptors (Lipinski definition) is 4. The van der Waals surface area contributed by atoms with Gasteiger partial charge in [0.15, 0.2) is 9.84 Å². The standard InChI is InChI=1S/C28H26F3N3O2S2/c1-17(2)22-10-5-6-11-23(22)26-32-24(27(37)33-28(29,30)31)16-34(26)25-13-12-20(14-18(25)3)19-8-7-9-21(15-19)38(4,35)36/h5-17H,1-4H3,(H,33,37). The van der Waals surface area contributed by atoms with Gasteiger partial charge in [-0.1, -0.05) is 68.5 Å². The number of thiocarbonyl (C=S) groups is 1. The third-order valence-electron chi connectivity index (χ3n) is 6.07. The predicted molar refractivity (Wildman–Crippen MR) is 147 cm³/mol. The first-order valence-electron chi connectivity index (χ1n) is 11.7. The van der Waals surface area contributed by atoms with Crippen LogP contribution in [0.5, 0.6) is 0 Å². The van der Waals surface area contributed by atoms with Crippen molar-refractivity contribution in [1.29, 1.82) is 0 Å². The summed E-state index contributed by atoms with van der Waals surface area (Å²) in [4.78, 5) is 4.23. The number of nitrogens with zero attached hydrogens (tertiary/aromatic N) is 2. The van der Waals surface area contributed by atoms with E-state index in [1.165, 1.54) is 11.5 Å². The van der Waals surface area contributed by atoms with Crippen molar-refractivity contribution in [2.24, 2.45) is 0 Å². The molecule has 0 fully saturated rings. The molecule has 10 heteroatoms. The van der Waals surface area contributed by atoms with Gasteiger partial charge in [-0.15, -0.1) is 0 Å². The molecule has 0 atom stereocenters. The second kappa shape index (κ2) is 10.3. The Bertz CT molecular complexity index is 1620. The Morgan fingerprint density at radius 3 is 2.32 bits per heavy atom. The van der Waals surface area contributed by atoms with Crippen LogP contribution in [-0.4, -0.2) is 35.5 Å². The van der Waals surface area contributed by atoms with Gasteiger partial charge in [0.25, 0.3) is 0 Å². The van der Waals surface area contributed by atoms with Crippen LogP contribution in [0.4, 0.5) is 13.2 Å². The van der Waals surface area contributed by atoms with Gasteiger partial charge >= 0.3 is 6.30 Å². The van der Waals surface area contributed by atoms with Gasteiger partial charge in [0, 0.05) is 18.0 Å². The van der Waals surface area contributed by atoms with Crippen LogP contribution >= 0.6 is 12.2 Å². The zero-order valence-electron chi connectivity index (χ0n) is 21.2. The molecule has 1 heterocycles. The molecule has 38 heavy (non-hydrogen) atoms. The lowest BCUT2D eigenvalue weighted by atomic mass is 9.96. The van der Waals surface area contributed by atoms with E-state index in [1.807, 2.05) is 69.3 Å². The van der Waals surface area contributed by atoms with Crippen molar-refractivity contribution in [3.8, 4) is 28.2 Å². The fourth-order valence-corrected chi connectivity index (χ4v) is 5.15. The van der Waals surface area contributed by atoms with Crippen molar-refractivity contribution in [3.05, 3.63) is 89.7 Å². The van der Waals surface area contributed by atoms with Crippen LogP contribution in [0.3, 0.4) is 0 Å². The normalized spacial score (nSPS) is 12.1. The van der Waals surface area contributed by atoms with Gasteiger partial charge in [0.05, 0.1) is 10.6 Å². The molecule has 0 spiro atoms. The molecule has 0 saturated heterocycles. The Hall–Kier alpha value is -3.50. The Kier molecular flexibility index (Phi) is 7.49. The SMILES string of the molecule is Cc1cc(-c2cccc(S(C)(=O)=O)c2)ccc1-n1cc(C(=S)NC(F)(F)F)nc1-c1ccccc1C(C)C. The summed E-state index contributed by atoms with van der Waals surface area (Å²) < 4.78 is 64.8. The lowest BCUT2D eigenvalue weighted by molar-refractivity contribution is -0.141. The molecule has 0 aliphatic carbocycles. The molecule has 0 amide bonds. The highest BCUT2D eigenvalue weighted by Crippen LogP contribution is 2.33. The van der Waals surface area contributed by atoms with Crippen molar-refractivity contribution in [1.82, 2.24) is 14.9 Å². The van der Waals surface area contributed by atoms with E-state index < -0.39 is 21.1 Å². The topological polar surface area (TPSA) is 64.0 Å². The molecule has 5 nitrogen and oxygen atoms in total. The van der Waals surface area contributed by atoms with Crippen molar-refractivity contribution in [2.45, 2.75) is 37.9 Å². The van der Waals surface area contributed by atoms with Gasteiger partial charge in [0.1, 0.15) is 16.5 Å². The van der Waals surface area contributed by atoms with Crippen molar-refractivity contribution in [3.63, 3.8) is 0 Å². The first kappa shape index (κ1) is 27.5. The molecule has 0 aliphatic heterocycles. The lowest BCUT2D eigenvalue weighted by Gasteiger charge is -2.16. The van der Waals surface area contributed by atoms with Crippen LogP contribution in [0, 0.1) is 6.92 Å².